The molecule has 1 aliphatic carbocycles. The number of fused-ring (bicyclic) bond motifs is 4. The molecule has 0 N–H and O–H groups in total. The molecule has 1 aromatic heterocycles. The van der Waals surface area contributed by atoms with Gasteiger partial charge in [0.05, 0.1) is 5.92 Å². The molecule has 0 amide bonds. The lowest BCUT2D eigenvalue weighted by Gasteiger charge is -2.26. The summed E-state index contributed by atoms with van der Waals surface area (Å²) in [5.41, 5.74) is 11.5. The van der Waals surface area contributed by atoms with Crippen LogP contribution in [0.5, 0.6) is 5.75 Å². The van der Waals surface area contributed by atoms with Crippen LogP contribution in [0.4, 0.5) is 17.1 Å². The van der Waals surface area contributed by atoms with Crippen molar-refractivity contribution in [1.82, 2.24) is 4.98 Å². The number of anilines is 3. The lowest BCUT2D eigenvalue weighted by molar-refractivity contribution is 0.272. The van der Waals surface area contributed by atoms with Gasteiger partial charge in [-0.15, -0.1) is 0 Å². The van der Waals surface area contributed by atoms with E-state index in [1.54, 1.807) is 0 Å². The fourth-order valence-corrected chi connectivity index (χ4v) is 7.05. The number of hydrogen-bond donors (Lipinski definition) is 0. The van der Waals surface area contributed by atoms with Crippen molar-refractivity contribution in [2.45, 2.75) is 12.0 Å². The summed E-state index contributed by atoms with van der Waals surface area (Å²) in [5.74, 6) is 1.33. The number of benzene rings is 6. The van der Waals surface area contributed by atoms with E-state index >= 15 is 0 Å². The maximum atomic E-state index is 6.80. The molecule has 0 saturated carbocycles. The Bertz CT molecular complexity index is 2320. The molecule has 7 aromatic rings. The van der Waals surface area contributed by atoms with Gasteiger partial charge in [-0.1, -0.05) is 140 Å². The number of hydrogen-bond acceptors (Lipinski definition) is 4. The molecule has 0 saturated heterocycles. The Labute approximate surface area is 297 Å². The van der Waals surface area contributed by atoms with Gasteiger partial charge in [-0.2, -0.15) is 0 Å². The highest BCUT2D eigenvalue weighted by molar-refractivity contribution is 5.83. The summed E-state index contributed by atoms with van der Waals surface area (Å²) in [6.07, 6.45) is 14.2. The van der Waals surface area contributed by atoms with Crippen molar-refractivity contribution in [3.8, 4) is 28.0 Å². The van der Waals surface area contributed by atoms with Gasteiger partial charge in [-0.05, 0) is 70.8 Å². The minimum atomic E-state index is -0.239. The summed E-state index contributed by atoms with van der Waals surface area (Å²) in [6, 6.07) is 53.0. The smallest absolute Gasteiger partial charge is 0.224 e. The van der Waals surface area contributed by atoms with E-state index in [9.17, 15) is 0 Å². The topological polar surface area (TPSA) is 38.5 Å². The van der Waals surface area contributed by atoms with Crippen molar-refractivity contribution in [3.05, 3.63) is 206 Å². The van der Waals surface area contributed by atoms with Gasteiger partial charge in [0.2, 0.25) is 5.89 Å². The minimum Gasteiger partial charge on any atom is -0.485 e. The third-order valence-electron chi connectivity index (χ3n) is 9.54. The summed E-state index contributed by atoms with van der Waals surface area (Å²) < 4.78 is 13.1. The zero-order valence-electron chi connectivity index (χ0n) is 27.8. The third kappa shape index (κ3) is 5.98. The Kier molecular flexibility index (Phi) is 7.95. The van der Waals surface area contributed by atoms with E-state index in [-0.39, 0.29) is 12.0 Å². The van der Waals surface area contributed by atoms with Crippen molar-refractivity contribution in [3.63, 3.8) is 0 Å². The molecule has 2 atom stereocenters. The molecule has 0 radical (unpaired) electrons. The SMILES string of the molecule is C1=C\C=C/C2Oc3cc(N(c4ccc(-c5ccccc5)cc4)c4ccc(-c5ccccc5)cc4)ccc3C2\C(c2nc3ccccc3o2)=C\C=C/1. The number of nitrogens with zero attached hydrogens (tertiary/aromatic N) is 2. The van der Waals surface area contributed by atoms with E-state index < -0.39 is 0 Å². The van der Waals surface area contributed by atoms with Gasteiger partial charge in [0.15, 0.2) is 5.58 Å². The average Bonchev–Trinajstić information content (AvgIpc) is 3.79. The standard InChI is InChI=1S/C47H34N2O2/c1-2-10-18-41(47-48-42-19-12-13-20-43(42)51-47)46-40-31-30-39(32-45(40)50-44(46)21-11-3-1)49(37-26-22-35(23-27-37)33-14-6-4-7-15-33)38-28-24-36(25-29-38)34-16-8-5-9-17-34/h1-32,44,46H/b3-1-,10-2-,21-11-,41-18-. The van der Waals surface area contributed by atoms with Gasteiger partial charge in [0.1, 0.15) is 17.4 Å². The van der Waals surface area contributed by atoms with Crippen molar-refractivity contribution in [2.24, 2.45) is 0 Å². The average molecular weight is 659 g/mol. The predicted molar refractivity (Wildman–Crippen MR) is 209 cm³/mol. The fourth-order valence-electron chi connectivity index (χ4n) is 7.05. The van der Waals surface area contributed by atoms with E-state index in [0.29, 0.717) is 5.89 Å². The number of para-hydroxylation sites is 2. The number of ether oxygens (including phenoxy) is 1. The molecule has 51 heavy (non-hydrogen) atoms. The number of allylic oxidation sites excluding steroid dienone is 6. The first-order valence-electron chi connectivity index (χ1n) is 17.3. The second kappa shape index (κ2) is 13.3. The number of aromatic nitrogens is 1. The van der Waals surface area contributed by atoms with Crippen LogP contribution in [0, 0.1) is 0 Å². The molecule has 0 bridgehead atoms. The largest absolute Gasteiger partial charge is 0.485 e. The van der Waals surface area contributed by atoms with Crippen molar-refractivity contribution in [2.75, 3.05) is 4.90 Å². The summed E-state index contributed by atoms with van der Waals surface area (Å²) in [4.78, 5) is 7.20. The molecule has 6 aromatic carbocycles. The van der Waals surface area contributed by atoms with Crippen LogP contribution in [0.1, 0.15) is 17.4 Å². The van der Waals surface area contributed by atoms with Crippen LogP contribution < -0.4 is 9.64 Å². The second-order valence-electron chi connectivity index (χ2n) is 12.7. The van der Waals surface area contributed by atoms with Crippen LogP contribution in [0.3, 0.4) is 0 Å². The molecular weight excluding hydrogens is 625 g/mol. The fraction of sp³-hybridized carbons (Fsp3) is 0.0426. The molecule has 4 heteroatoms. The maximum absolute atomic E-state index is 6.80. The maximum Gasteiger partial charge on any atom is 0.224 e. The monoisotopic (exact) mass is 658 g/mol. The first kappa shape index (κ1) is 30.4. The van der Waals surface area contributed by atoms with Crippen molar-refractivity contribution in [1.29, 1.82) is 0 Å². The zero-order valence-corrected chi connectivity index (χ0v) is 27.8. The zero-order chi connectivity index (χ0) is 34.0. The van der Waals surface area contributed by atoms with Crippen molar-refractivity contribution < 1.29 is 9.15 Å². The lowest BCUT2D eigenvalue weighted by Crippen LogP contribution is -2.17. The quantitative estimate of drug-likeness (QED) is 0.178. The predicted octanol–water partition coefficient (Wildman–Crippen LogP) is 12.2. The Morgan fingerprint density at radius 2 is 1.08 bits per heavy atom. The molecule has 2 unspecified atom stereocenters. The van der Waals surface area contributed by atoms with E-state index in [1.165, 1.54) is 22.3 Å². The third-order valence-corrected chi connectivity index (χ3v) is 9.54. The Balaban J connectivity index is 1.14. The summed E-state index contributed by atoms with van der Waals surface area (Å²) in [6.45, 7) is 0. The summed E-state index contributed by atoms with van der Waals surface area (Å²) in [5, 5.41) is 0. The highest BCUT2D eigenvalue weighted by Crippen LogP contribution is 2.49. The van der Waals surface area contributed by atoms with Crippen LogP contribution in [0.2, 0.25) is 0 Å². The molecule has 2 heterocycles. The molecule has 244 valence electrons. The Morgan fingerprint density at radius 1 is 0.510 bits per heavy atom. The van der Waals surface area contributed by atoms with Crippen LogP contribution in [0.25, 0.3) is 38.9 Å². The molecule has 0 fully saturated rings. The van der Waals surface area contributed by atoms with Crippen LogP contribution >= 0.6 is 0 Å². The minimum absolute atomic E-state index is 0.113. The lowest BCUT2D eigenvalue weighted by atomic mass is 9.86. The van der Waals surface area contributed by atoms with E-state index in [2.05, 4.69) is 138 Å². The van der Waals surface area contributed by atoms with Gasteiger partial charge in [-0.3, -0.25) is 0 Å². The van der Waals surface area contributed by atoms with Crippen molar-refractivity contribution >= 4 is 33.7 Å². The van der Waals surface area contributed by atoms with Gasteiger partial charge < -0.3 is 14.1 Å². The summed E-state index contributed by atoms with van der Waals surface area (Å²) in [7, 11) is 0. The van der Waals surface area contributed by atoms with Crippen LogP contribution in [0.15, 0.2) is 199 Å². The molecule has 2 aliphatic rings. The first-order chi connectivity index (χ1) is 25.3. The van der Waals surface area contributed by atoms with E-state index in [0.717, 1.165) is 45.0 Å². The molecule has 1 aliphatic heterocycles. The second-order valence-corrected chi connectivity index (χ2v) is 12.7. The first-order valence-corrected chi connectivity index (χ1v) is 17.3. The van der Waals surface area contributed by atoms with E-state index in [4.69, 9.17) is 14.1 Å². The molecule has 4 nitrogen and oxygen atoms in total. The van der Waals surface area contributed by atoms with Gasteiger partial charge in [0.25, 0.3) is 0 Å². The normalized spacial score (nSPS) is 19.2. The Hall–Kier alpha value is -6.65. The van der Waals surface area contributed by atoms with Gasteiger partial charge in [-0.25, -0.2) is 4.98 Å². The van der Waals surface area contributed by atoms with Gasteiger partial charge >= 0.3 is 0 Å². The highest BCUT2D eigenvalue weighted by atomic mass is 16.5. The van der Waals surface area contributed by atoms with Crippen LogP contribution in [-0.2, 0) is 0 Å². The molecule has 0 spiro atoms. The van der Waals surface area contributed by atoms with E-state index in [1.807, 2.05) is 60.7 Å². The van der Waals surface area contributed by atoms with Crippen LogP contribution in [-0.4, -0.2) is 11.1 Å². The summed E-state index contributed by atoms with van der Waals surface area (Å²) >= 11 is 0. The molecule has 9 rings (SSSR count). The molecular formula is C47H34N2O2. The number of oxazole rings is 1. The highest BCUT2D eigenvalue weighted by Gasteiger charge is 2.38. The number of rotatable bonds is 6. The Morgan fingerprint density at radius 3 is 1.75 bits per heavy atom. The van der Waals surface area contributed by atoms with Gasteiger partial charge in [0, 0.05) is 34.3 Å².